The zero-order valence-electron chi connectivity index (χ0n) is 11.2. The number of aryl methyl sites for hydroxylation is 2. The highest BCUT2D eigenvalue weighted by Gasteiger charge is 2.06. The molecule has 0 saturated heterocycles. The minimum atomic E-state index is -0.216. The second-order valence-corrected chi connectivity index (χ2v) is 4.54. The monoisotopic (exact) mass is 267 g/mol. The minimum absolute atomic E-state index is 0.216. The average Bonchev–Trinajstić information content (AvgIpc) is 2.76. The Labute approximate surface area is 115 Å². The standard InChI is InChI=1S/C15H13N3O2/c1-9-11(10(2)20-18-9)7-8-14-15(19)17-13-6-4-3-5-12(13)16-14/h3-8H,1-2H3,(H,17,19)/b8-7+. The first-order valence-corrected chi connectivity index (χ1v) is 6.25. The second kappa shape index (κ2) is 4.77. The number of rotatable bonds is 2. The fourth-order valence-corrected chi connectivity index (χ4v) is 2.05. The van der Waals surface area contributed by atoms with E-state index >= 15 is 0 Å². The van der Waals surface area contributed by atoms with Crippen molar-refractivity contribution in [3.05, 3.63) is 57.3 Å². The second-order valence-electron chi connectivity index (χ2n) is 4.54. The predicted molar refractivity (Wildman–Crippen MR) is 77.3 cm³/mol. The van der Waals surface area contributed by atoms with Crippen LogP contribution >= 0.6 is 0 Å². The molecular weight excluding hydrogens is 254 g/mol. The summed E-state index contributed by atoms with van der Waals surface area (Å²) in [5.74, 6) is 0.718. The maximum Gasteiger partial charge on any atom is 0.274 e. The Hall–Kier alpha value is -2.69. The summed E-state index contributed by atoms with van der Waals surface area (Å²) >= 11 is 0. The molecule has 1 N–H and O–H groups in total. The van der Waals surface area contributed by atoms with Gasteiger partial charge in [0.25, 0.3) is 5.56 Å². The molecule has 0 fully saturated rings. The molecule has 2 heterocycles. The van der Waals surface area contributed by atoms with Crippen LogP contribution in [0.4, 0.5) is 0 Å². The van der Waals surface area contributed by atoms with Crippen molar-refractivity contribution >= 4 is 23.2 Å². The third kappa shape index (κ3) is 2.14. The van der Waals surface area contributed by atoms with Crippen LogP contribution in [-0.2, 0) is 0 Å². The summed E-state index contributed by atoms with van der Waals surface area (Å²) in [5, 5.41) is 3.87. The van der Waals surface area contributed by atoms with E-state index in [-0.39, 0.29) is 5.56 Å². The number of H-pyrrole nitrogens is 1. The maximum atomic E-state index is 12.0. The van der Waals surface area contributed by atoms with Crippen LogP contribution in [0.5, 0.6) is 0 Å². The SMILES string of the molecule is Cc1noc(C)c1/C=C/c1nc2ccccc2[nH]c1=O. The number of hydrogen-bond donors (Lipinski definition) is 1. The van der Waals surface area contributed by atoms with Gasteiger partial charge in [-0.2, -0.15) is 0 Å². The summed E-state index contributed by atoms with van der Waals surface area (Å²) in [6.45, 7) is 3.69. The first-order valence-electron chi connectivity index (χ1n) is 6.25. The highest BCUT2D eigenvalue weighted by molar-refractivity contribution is 5.77. The van der Waals surface area contributed by atoms with E-state index in [1.54, 1.807) is 12.2 Å². The molecule has 0 unspecified atom stereocenters. The summed E-state index contributed by atoms with van der Waals surface area (Å²) in [6.07, 6.45) is 3.48. The Morgan fingerprint density at radius 1 is 1.20 bits per heavy atom. The van der Waals surface area contributed by atoms with Crippen LogP contribution in [0.25, 0.3) is 23.2 Å². The van der Waals surface area contributed by atoms with Crippen molar-refractivity contribution in [1.29, 1.82) is 0 Å². The number of aromatic amines is 1. The Morgan fingerprint density at radius 2 is 2.00 bits per heavy atom. The van der Waals surface area contributed by atoms with Crippen molar-refractivity contribution in [2.75, 3.05) is 0 Å². The zero-order valence-corrected chi connectivity index (χ0v) is 11.2. The van der Waals surface area contributed by atoms with Crippen molar-refractivity contribution in [3.63, 3.8) is 0 Å². The van der Waals surface area contributed by atoms with Crippen molar-refractivity contribution in [2.24, 2.45) is 0 Å². The Balaban J connectivity index is 2.07. The lowest BCUT2D eigenvalue weighted by Gasteiger charge is -1.98. The van der Waals surface area contributed by atoms with Crippen molar-refractivity contribution in [3.8, 4) is 0 Å². The Kier molecular flexibility index (Phi) is 2.95. The van der Waals surface area contributed by atoms with Gasteiger partial charge in [0.2, 0.25) is 0 Å². The molecule has 0 amide bonds. The number of para-hydroxylation sites is 2. The van der Waals surface area contributed by atoms with Gasteiger partial charge in [0.1, 0.15) is 11.5 Å². The molecule has 0 radical (unpaired) electrons. The van der Waals surface area contributed by atoms with Gasteiger partial charge in [0.15, 0.2) is 0 Å². The first kappa shape index (κ1) is 12.3. The van der Waals surface area contributed by atoms with E-state index in [1.165, 1.54) is 0 Å². The van der Waals surface area contributed by atoms with Crippen LogP contribution in [0.15, 0.2) is 33.6 Å². The van der Waals surface area contributed by atoms with Crippen LogP contribution in [0.1, 0.15) is 22.7 Å². The third-order valence-corrected chi connectivity index (χ3v) is 3.12. The van der Waals surface area contributed by atoms with Gasteiger partial charge in [-0.1, -0.05) is 17.3 Å². The van der Waals surface area contributed by atoms with E-state index in [1.807, 2.05) is 38.1 Å². The van der Waals surface area contributed by atoms with E-state index in [0.29, 0.717) is 5.69 Å². The third-order valence-electron chi connectivity index (χ3n) is 3.12. The molecule has 5 nitrogen and oxygen atoms in total. The summed E-state index contributed by atoms with van der Waals surface area (Å²) in [6, 6.07) is 7.43. The molecule has 0 saturated carbocycles. The first-order chi connectivity index (χ1) is 9.65. The fourth-order valence-electron chi connectivity index (χ4n) is 2.05. The van der Waals surface area contributed by atoms with Gasteiger partial charge in [-0.15, -0.1) is 0 Å². The van der Waals surface area contributed by atoms with E-state index in [0.717, 1.165) is 28.1 Å². The molecule has 3 aromatic rings. The number of hydrogen-bond acceptors (Lipinski definition) is 4. The topological polar surface area (TPSA) is 71.8 Å². The van der Waals surface area contributed by atoms with Crippen molar-refractivity contribution in [2.45, 2.75) is 13.8 Å². The molecule has 100 valence electrons. The number of fused-ring (bicyclic) bond motifs is 1. The summed E-state index contributed by atoms with van der Waals surface area (Å²) < 4.78 is 5.08. The number of nitrogens with zero attached hydrogens (tertiary/aromatic N) is 2. The van der Waals surface area contributed by atoms with Crippen LogP contribution < -0.4 is 5.56 Å². The molecule has 0 aliphatic heterocycles. The molecule has 3 rings (SSSR count). The molecule has 0 aliphatic carbocycles. The van der Waals surface area contributed by atoms with Crippen molar-refractivity contribution in [1.82, 2.24) is 15.1 Å². The van der Waals surface area contributed by atoms with Crippen LogP contribution in [0, 0.1) is 13.8 Å². The molecule has 2 aromatic heterocycles. The van der Waals surface area contributed by atoms with Gasteiger partial charge >= 0.3 is 0 Å². The molecule has 5 heteroatoms. The summed E-state index contributed by atoms with van der Waals surface area (Å²) in [5.41, 5.74) is 3.29. The number of aromatic nitrogens is 3. The van der Waals surface area contributed by atoms with Crippen LogP contribution in [0.3, 0.4) is 0 Å². The molecule has 1 aromatic carbocycles. The molecule has 0 bridgehead atoms. The Morgan fingerprint density at radius 3 is 2.75 bits per heavy atom. The number of nitrogens with one attached hydrogen (secondary N) is 1. The predicted octanol–water partition coefficient (Wildman–Crippen LogP) is 2.70. The molecule has 0 aliphatic rings. The molecule has 0 atom stereocenters. The summed E-state index contributed by atoms with van der Waals surface area (Å²) in [7, 11) is 0. The minimum Gasteiger partial charge on any atom is -0.361 e. The van der Waals surface area contributed by atoms with E-state index in [4.69, 9.17) is 4.52 Å². The van der Waals surface area contributed by atoms with E-state index < -0.39 is 0 Å². The van der Waals surface area contributed by atoms with Crippen LogP contribution in [-0.4, -0.2) is 15.1 Å². The highest BCUT2D eigenvalue weighted by atomic mass is 16.5. The van der Waals surface area contributed by atoms with Crippen molar-refractivity contribution < 1.29 is 4.52 Å². The van der Waals surface area contributed by atoms with Gasteiger partial charge in [-0.05, 0) is 38.1 Å². The van der Waals surface area contributed by atoms with Gasteiger partial charge in [-0.3, -0.25) is 4.79 Å². The lowest BCUT2D eigenvalue weighted by Crippen LogP contribution is -2.11. The summed E-state index contributed by atoms with van der Waals surface area (Å²) in [4.78, 5) is 19.1. The van der Waals surface area contributed by atoms with Gasteiger partial charge < -0.3 is 9.51 Å². The highest BCUT2D eigenvalue weighted by Crippen LogP contribution is 2.15. The maximum absolute atomic E-state index is 12.0. The van der Waals surface area contributed by atoms with E-state index in [2.05, 4.69) is 15.1 Å². The van der Waals surface area contributed by atoms with Gasteiger partial charge in [0, 0.05) is 5.56 Å². The quantitative estimate of drug-likeness (QED) is 0.774. The van der Waals surface area contributed by atoms with Crippen LogP contribution in [0.2, 0.25) is 0 Å². The molecular formula is C15H13N3O2. The molecule has 20 heavy (non-hydrogen) atoms. The average molecular weight is 267 g/mol. The number of benzene rings is 1. The normalized spacial score (nSPS) is 11.5. The largest absolute Gasteiger partial charge is 0.361 e. The van der Waals surface area contributed by atoms with Gasteiger partial charge in [-0.25, -0.2) is 4.98 Å². The fraction of sp³-hybridized carbons (Fsp3) is 0.133. The zero-order chi connectivity index (χ0) is 14.1. The lowest BCUT2D eigenvalue weighted by atomic mass is 10.2. The van der Waals surface area contributed by atoms with Gasteiger partial charge in [0.05, 0.1) is 16.7 Å². The lowest BCUT2D eigenvalue weighted by molar-refractivity contribution is 0.393. The Bertz CT molecular complexity index is 839. The van der Waals surface area contributed by atoms with E-state index in [9.17, 15) is 4.79 Å². The smallest absolute Gasteiger partial charge is 0.274 e. The molecule has 0 spiro atoms.